The molecule has 2 unspecified atom stereocenters. The molecule has 2 amide bonds. The molecule has 166 valence electrons. The topological polar surface area (TPSA) is 118 Å². The van der Waals surface area contributed by atoms with E-state index in [1.165, 1.54) is 5.01 Å². The van der Waals surface area contributed by atoms with Crippen LogP contribution in [0.5, 0.6) is 5.75 Å². The number of ether oxygens (including phenoxy) is 1. The Morgan fingerprint density at radius 3 is 2.90 bits per heavy atom. The number of carbonyl (C=O) groups is 2. The van der Waals surface area contributed by atoms with E-state index in [2.05, 4.69) is 10.4 Å². The summed E-state index contributed by atoms with van der Waals surface area (Å²) in [7, 11) is -3.17. The molecule has 0 bridgehead atoms. The fourth-order valence-electron chi connectivity index (χ4n) is 3.88. The number of hydrazone groups is 1. The molecule has 2 aliphatic rings. The lowest BCUT2D eigenvalue weighted by molar-refractivity contribution is -0.133. The first kappa shape index (κ1) is 21.4. The van der Waals surface area contributed by atoms with Crippen LogP contribution in [0.25, 0.3) is 11.0 Å². The first-order valence-electron chi connectivity index (χ1n) is 10.3. The lowest BCUT2D eigenvalue weighted by atomic mass is 10.1. The van der Waals surface area contributed by atoms with Crippen LogP contribution in [0.15, 0.2) is 33.8 Å². The number of fused-ring (bicyclic) bond motifs is 1. The van der Waals surface area contributed by atoms with Crippen LogP contribution in [0, 0.1) is 0 Å². The molecule has 3 heterocycles. The Bertz CT molecular complexity index is 1150. The van der Waals surface area contributed by atoms with Gasteiger partial charge in [-0.25, -0.2) is 13.4 Å². The van der Waals surface area contributed by atoms with Gasteiger partial charge in [0.1, 0.15) is 11.5 Å². The molecular formula is C21H25N3O6S. The van der Waals surface area contributed by atoms with Crippen molar-refractivity contribution in [2.24, 2.45) is 5.10 Å². The van der Waals surface area contributed by atoms with Gasteiger partial charge in [0, 0.05) is 18.2 Å². The van der Waals surface area contributed by atoms with Crippen molar-refractivity contribution < 1.29 is 27.2 Å². The highest BCUT2D eigenvalue weighted by Crippen LogP contribution is 2.31. The summed E-state index contributed by atoms with van der Waals surface area (Å²) in [6.07, 6.45) is 0.672. The van der Waals surface area contributed by atoms with Gasteiger partial charge in [0.15, 0.2) is 21.2 Å². The number of sulfone groups is 1. The Labute approximate surface area is 180 Å². The molecule has 2 aliphatic heterocycles. The number of amides is 2. The van der Waals surface area contributed by atoms with Crippen LogP contribution in [0.2, 0.25) is 0 Å². The van der Waals surface area contributed by atoms with Gasteiger partial charge in [-0.05, 0) is 32.4 Å². The summed E-state index contributed by atoms with van der Waals surface area (Å²) >= 11 is 0. The van der Waals surface area contributed by atoms with Crippen LogP contribution in [0.3, 0.4) is 0 Å². The highest BCUT2D eigenvalue weighted by molar-refractivity contribution is 7.91. The quantitative estimate of drug-likeness (QED) is 0.725. The summed E-state index contributed by atoms with van der Waals surface area (Å²) in [4.78, 5) is 25.1. The van der Waals surface area contributed by atoms with Crippen LogP contribution in [0.1, 0.15) is 44.9 Å². The van der Waals surface area contributed by atoms with Crippen LogP contribution in [-0.2, 0) is 19.4 Å². The molecule has 9 nitrogen and oxygen atoms in total. The minimum absolute atomic E-state index is 0.0331. The third-order valence-electron chi connectivity index (χ3n) is 5.48. The van der Waals surface area contributed by atoms with E-state index < -0.39 is 27.8 Å². The van der Waals surface area contributed by atoms with Gasteiger partial charge in [0.25, 0.3) is 5.91 Å². The molecule has 1 aromatic carbocycles. The van der Waals surface area contributed by atoms with Crippen LogP contribution in [0.4, 0.5) is 0 Å². The van der Waals surface area contributed by atoms with Crippen molar-refractivity contribution in [1.82, 2.24) is 10.3 Å². The fraction of sp³-hybridized carbons (Fsp3) is 0.476. The second kappa shape index (κ2) is 8.33. The SMILES string of the molecule is CCOc1cccc2cc(C(C)NC(=O)C3=NN(C4CCS(=O)(=O)C4)C(=O)CC3)oc12. The number of nitrogens with one attached hydrogen (secondary N) is 1. The minimum atomic E-state index is -3.17. The van der Waals surface area contributed by atoms with Gasteiger partial charge in [-0.1, -0.05) is 12.1 Å². The second-order valence-electron chi connectivity index (χ2n) is 7.79. The van der Waals surface area contributed by atoms with Crippen molar-refractivity contribution in [3.8, 4) is 5.75 Å². The van der Waals surface area contributed by atoms with Gasteiger partial charge in [0.05, 0.1) is 30.2 Å². The van der Waals surface area contributed by atoms with Crippen molar-refractivity contribution in [1.29, 1.82) is 0 Å². The van der Waals surface area contributed by atoms with E-state index in [1.807, 2.05) is 31.2 Å². The standard InChI is InChI=1S/C21H25N3O6S/c1-3-29-17-6-4-5-14-11-18(30-20(14)17)13(2)22-21(26)16-7-8-19(25)24(23-16)15-9-10-31(27,28)12-15/h4-6,11,13,15H,3,7-10,12H2,1-2H3,(H,22,26). The van der Waals surface area contributed by atoms with Gasteiger partial charge in [0.2, 0.25) is 5.91 Å². The number of hydrogen-bond donors (Lipinski definition) is 1. The molecule has 0 saturated carbocycles. The van der Waals surface area contributed by atoms with E-state index in [4.69, 9.17) is 9.15 Å². The van der Waals surface area contributed by atoms with Gasteiger partial charge in [-0.15, -0.1) is 0 Å². The Hall–Kier alpha value is -2.88. The van der Waals surface area contributed by atoms with E-state index in [-0.39, 0.29) is 36.0 Å². The minimum Gasteiger partial charge on any atom is -0.490 e. The largest absolute Gasteiger partial charge is 0.490 e. The molecule has 1 fully saturated rings. The van der Waals surface area contributed by atoms with Crippen molar-refractivity contribution in [2.45, 2.75) is 45.2 Å². The van der Waals surface area contributed by atoms with Crippen molar-refractivity contribution in [3.05, 3.63) is 30.0 Å². The fourth-order valence-corrected chi connectivity index (χ4v) is 5.57. The molecule has 0 aliphatic carbocycles. The molecule has 10 heteroatoms. The second-order valence-corrected chi connectivity index (χ2v) is 10.0. The number of benzene rings is 1. The van der Waals surface area contributed by atoms with E-state index in [9.17, 15) is 18.0 Å². The van der Waals surface area contributed by atoms with E-state index in [0.29, 0.717) is 30.1 Å². The maximum atomic E-state index is 12.8. The predicted octanol–water partition coefficient (Wildman–Crippen LogP) is 2.17. The average molecular weight is 448 g/mol. The molecule has 0 spiro atoms. The normalized spacial score (nSPS) is 21.7. The zero-order valence-electron chi connectivity index (χ0n) is 17.5. The van der Waals surface area contributed by atoms with E-state index >= 15 is 0 Å². The maximum Gasteiger partial charge on any atom is 0.268 e. The molecule has 1 saturated heterocycles. The lowest BCUT2D eigenvalue weighted by Crippen LogP contribution is -2.44. The molecular weight excluding hydrogens is 422 g/mol. The van der Waals surface area contributed by atoms with Crippen LogP contribution < -0.4 is 10.1 Å². The first-order valence-corrected chi connectivity index (χ1v) is 12.2. The number of nitrogens with zero attached hydrogens (tertiary/aromatic N) is 2. The number of para-hydroxylation sites is 1. The molecule has 1 N–H and O–H groups in total. The molecule has 4 rings (SSSR count). The van der Waals surface area contributed by atoms with Crippen molar-refractivity contribution in [3.63, 3.8) is 0 Å². The Morgan fingerprint density at radius 1 is 1.39 bits per heavy atom. The summed E-state index contributed by atoms with van der Waals surface area (Å²) in [5.41, 5.74) is 0.830. The van der Waals surface area contributed by atoms with Crippen LogP contribution >= 0.6 is 0 Å². The number of hydrogen-bond acceptors (Lipinski definition) is 7. The predicted molar refractivity (Wildman–Crippen MR) is 115 cm³/mol. The highest BCUT2D eigenvalue weighted by Gasteiger charge is 2.37. The van der Waals surface area contributed by atoms with Gasteiger partial charge < -0.3 is 14.5 Å². The summed E-state index contributed by atoms with van der Waals surface area (Å²) < 4.78 is 35.1. The van der Waals surface area contributed by atoms with Crippen molar-refractivity contribution in [2.75, 3.05) is 18.1 Å². The van der Waals surface area contributed by atoms with Gasteiger partial charge >= 0.3 is 0 Å². The summed E-state index contributed by atoms with van der Waals surface area (Å²) in [5.74, 6) is 0.465. The zero-order valence-corrected chi connectivity index (χ0v) is 18.3. The Balaban J connectivity index is 1.49. The molecule has 2 atom stereocenters. The molecule has 0 radical (unpaired) electrons. The summed E-state index contributed by atoms with van der Waals surface area (Å²) in [6.45, 7) is 4.20. The highest BCUT2D eigenvalue weighted by atomic mass is 32.2. The van der Waals surface area contributed by atoms with Crippen LogP contribution in [-0.4, -0.2) is 55.1 Å². The lowest BCUT2D eigenvalue weighted by Gasteiger charge is -2.27. The Kier molecular flexibility index (Phi) is 5.74. The number of rotatable bonds is 6. The molecule has 31 heavy (non-hydrogen) atoms. The average Bonchev–Trinajstić information content (AvgIpc) is 3.32. The third kappa shape index (κ3) is 4.43. The third-order valence-corrected chi connectivity index (χ3v) is 7.23. The molecule has 1 aromatic heterocycles. The monoisotopic (exact) mass is 447 g/mol. The van der Waals surface area contributed by atoms with E-state index in [1.54, 1.807) is 6.92 Å². The van der Waals surface area contributed by atoms with E-state index in [0.717, 1.165) is 5.39 Å². The van der Waals surface area contributed by atoms with Gasteiger partial charge in [-0.2, -0.15) is 5.10 Å². The number of carbonyl (C=O) groups excluding carboxylic acids is 2. The Morgan fingerprint density at radius 2 is 2.19 bits per heavy atom. The summed E-state index contributed by atoms with van der Waals surface area (Å²) in [6, 6.07) is 6.52. The zero-order chi connectivity index (χ0) is 22.2. The van der Waals surface area contributed by atoms with Crippen molar-refractivity contribution >= 4 is 38.3 Å². The smallest absolute Gasteiger partial charge is 0.268 e. The summed E-state index contributed by atoms with van der Waals surface area (Å²) in [5, 5.41) is 9.13. The van der Waals surface area contributed by atoms with Gasteiger partial charge in [-0.3, -0.25) is 9.59 Å². The first-order chi connectivity index (χ1) is 14.8. The maximum absolute atomic E-state index is 12.8. The molecule has 2 aromatic rings. The number of furan rings is 1.